The lowest BCUT2D eigenvalue weighted by Crippen LogP contribution is -1.90. The molecule has 0 bridgehead atoms. The van der Waals surface area contributed by atoms with E-state index in [2.05, 4.69) is 61.2 Å². The van der Waals surface area contributed by atoms with Crippen LogP contribution in [-0.4, -0.2) is 4.57 Å². The molecule has 3 aromatic rings. The molecular weight excluding hydrogens is 218 g/mol. The first kappa shape index (κ1) is 10.8. The molecule has 1 heterocycles. The van der Waals surface area contributed by atoms with Gasteiger partial charge in [-0.05, 0) is 22.9 Å². The van der Waals surface area contributed by atoms with Gasteiger partial charge < -0.3 is 4.57 Å². The molecule has 0 spiro atoms. The van der Waals surface area contributed by atoms with E-state index in [4.69, 9.17) is 0 Å². The van der Waals surface area contributed by atoms with Crippen molar-refractivity contribution in [3.63, 3.8) is 0 Å². The Labute approximate surface area is 107 Å². The summed E-state index contributed by atoms with van der Waals surface area (Å²) in [6.45, 7) is 7.86. The van der Waals surface area contributed by atoms with Crippen LogP contribution >= 0.6 is 0 Å². The molecule has 3 rings (SSSR count). The molecule has 88 valence electrons. The maximum atomic E-state index is 3.95. The molecule has 0 aliphatic heterocycles. The van der Waals surface area contributed by atoms with E-state index < -0.39 is 0 Å². The summed E-state index contributed by atoms with van der Waals surface area (Å²) in [6, 6.07) is 12.8. The van der Waals surface area contributed by atoms with E-state index in [-0.39, 0.29) is 0 Å². The first-order valence-corrected chi connectivity index (χ1v) is 6.03. The molecule has 1 aromatic heterocycles. The summed E-state index contributed by atoms with van der Waals surface area (Å²) >= 11 is 0. The van der Waals surface area contributed by atoms with E-state index in [0.717, 1.165) is 5.69 Å². The lowest BCUT2D eigenvalue weighted by atomic mass is 10.0. The lowest BCUT2D eigenvalue weighted by molar-refractivity contribution is 0.954. The van der Waals surface area contributed by atoms with Crippen molar-refractivity contribution in [1.82, 2.24) is 4.57 Å². The number of hydrogen-bond donors (Lipinski definition) is 0. The molecule has 1 heteroatoms. The maximum absolute atomic E-state index is 3.95. The van der Waals surface area contributed by atoms with E-state index in [9.17, 15) is 0 Å². The molecule has 0 fully saturated rings. The van der Waals surface area contributed by atoms with Crippen molar-refractivity contribution in [3.05, 3.63) is 60.8 Å². The average Bonchev–Trinajstić information content (AvgIpc) is 2.71. The zero-order chi connectivity index (χ0) is 12.7. The predicted molar refractivity (Wildman–Crippen MR) is 80.6 cm³/mol. The van der Waals surface area contributed by atoms with Crippen LogP contribution in [0.1, 0.15) is 11.3 Å². The number of rotatable bonds is 2. The minimum Gasteiger partial charge on any atom is -0.344 e. The Kier molecular flexibility index (Phi) is 2.34. The smallest absolute Gasteiger partial charge is 0.0495 e. The Balaban J connectivity index is 2.65. The summed E-state index contributed by atoms with van der Waals surface area (Å²) in [6.07, 6.45) is 3.82. The molecule has 0 saturated heterocycles. The Morgan fingerprint density at radius 1 is 1.00 bits per heavy atom. The second-order valence-electron chi connectivity index (χ2n) is 4.45. The predicted octanol–water partition coefficient (Wildman–Crippen LogP) is 4.62. The number of benzene rings is 2. The summed E-state index contributed by atoms with van der Waals surface area (Å²) in [5, 5.41) is 3.79. The first-order chi connectivity index (χ1) is 8.77. The van der Waals surface area contributed by atoms with Crippen LogP contribution in [0, 0.1) is 0 Å². The number of nitrogens with zero attached hydrogens (tertiary/aromatic N) is 1. The fraction of sp³-hybridized carbons (Fsp3) is 0.0588. The number of fused-ring (bicyclic) bond motifs is 3. The SMILES string of the molecule is C=Cc1c(C=C)n(C)c2ccc3ccccc3c12. The van der Waals surface area contributed by atoms with Crippen molar-refractivity contribution in [1.29, 1.82) is 0 Å². The van der Waals surface area contributed by atoms with Crippen molar-refractivity contribution in [2.45, 2.75) is 0 Å². The van der Waals surface area contributed by atoms with Gasteiger partial charge in [0.1, 0.15) is 0 Å². The minimum atomic E-state index is 1.12. The van der Waals surface area contributed by atoms with E-state index in [0.29, 0.717) is 0 Å². The van der Waals surface area contributed by atoms with E-state index in [1.165, 1.54) is 27.2 Å². The highest BCUT2D eigenvalue weighted by Crippen LogP contribution is 2.33. The third kappa shape index (κ3) is 1.28. The molecular formula is C17H15N. The van der Waals surface area contributed by atoms with Crippen molar-refractivity contribution in [2.75, 3.05) is 0 Å². The van der Waals surface area contributed by atoms with E-state index in [1.54, 1.807) is 0 Å². The van der Waals surface area contributed by atoms with Crippen LogP contribution in [0.15, 0.2) is 49.6 Å². The lowest BCUT2D eigenvalue weighted by Gasteiger charge is -2.01. The Bertz CT molecular complexity index is 775. The Morgan fingerprint density at radius 2 is 1.78 bits per heavy atom. The monoisotopic (exact) mass is 233 g/mol. The molecule has 18 heavy (non-hydrogen) atoms. The molecule has 0 amide bonds. The second-order valence-corrected chi connectivity index (χ2v) is 4.45. The van der Waals surface area contributed by atoms with Gasteiger partial charge in [-0.2, -0.15) is 0 Å². The van der Waals surface area contributed by atoms with Gasteiger partial charge in [-0.25, -0.2) is 0 Å². The Hall–Kier alpha value is -2.28. The van der Waals surface area contributed by atoms with Crippen molar-refractivity contribution in [3.8, 4) is 0 Å². The van der Waals surface area contributed by atoms with Crippen LogP contribution < -0.4 is 0 Å². The van der Waals surface area contributed by atoms with Crippen molar-refractivity contribution in [2.24, 2.45) is 7.05 Å². The topological polar surface area (TPSA) is 4.93 Å². The molecule has 0 saturated carbocycles. The summed E-state index contributed by atoms with van der Waals surface area (Å²) < 4.78 is 2.17. The molecule has 0 atom stereocenters. The van der Waals surface area contributed by atoms with E-state index in [1.807, 2.05) is 12.2 Å². The van der Waals surface area contributed by atoms with Gasteiger partial charge in [-0.3, -0.25) is 0 Å². The highest BCUT2D eigenvalue weighted by molar-refractivity contribution is 6.12. The average molecular weight is 233 g/mol. The summed E-state index contributed by atoms with van der Waals surface area (Å²) in [5.41, 5.74) is 3.51. The second kappa shape index (κ2) is 3.88. The number of hydrogen-bond acceptors (Lipinski definition) is 0. The van der Waals surface area contributed by atoms with Crippen LogP contribution in [0.25, 0.3) is 33.8 Å². The van der Waals surface area contributed by atoms with Gasteiger partial charge in [-0.1, -0.05) is 49.6 Å². The zero-order valence-electron chi connectivity index (χ0n) is 10.5. The van der Waals surface area contributed by atoms with Crippen LogP contribution in [0.4, 0.5) is 0 Å². The largest absolute Gasteiger partial charge is 0.344 e. The molecule has 2 aromatic carbocycles. The quantitative estimate of drug-likeness (QED) is 0.608. The van der Waals surface area contributed by atoms with Crippen molar-refractivity contribution >= 4 is 33.8 Å². The van der Waals surface area contributed by atoms with Gasteiger partial charge >= 0.3 is 0 Å². The highest BCUT2D eigenvalue weighted by atomic mass is 14.9. The van der Waals surface area contributed by atoms with Gasteiger partial charge in [0.25, 0.3) is 0 Å². The number of aromatic nitrogens is 1. The van der Waals surface area contributed by atoms with Crippen molar-refractivity contribution < 1.29 is 0 Å². The van der Waals surface area contributed by atoms with Crippen LogP contribution in [0.5, 0.6) is 0 Å². The minimum absolute atomic E-state index is 1.12. The van der Waals surface area contributed by atoms with Gasteiger partial charge in [0.05, 0.1) is 0 Å². The standard InChI is InChI=1S/C17H15N/c1-4-13-15(5-2)18(3)16-11-10-12-8-6-7-9-14(12)17(13)16/h4-11H,1-2H2,3H3. The summed E-state index contributed by atoms with van der Waals surface area (Å²) in [4.78, 5) is 0. The third-order valence-electron chi connectivity index (χ3n) is 3.57. The third-order valence-corrected chi connectivity index (χ3v) is 3.57. The first-order valence-electron chi connectivity index (χ1n) is 6.03. The zero-order valence-corrected chi connectivity index (χ0v) is 10.5. The molecule has 0 unspecified atom stereocenters. The molecule has 1 nitrogen and oxygen atoms in total. The maximum Gasteiger partial charge on any atom is 0.0495 e. The van der Waals surface area contributed by atoms with E-state index >= 15 is 0 Å². The number of aryl methyl sites for hydroxylation is 1. The van der Waals surface area contributed by atoms with Crippen LogP contribution in [0.2, 0.25) is 0 Å². The summed E-state index contributed by atoms with van der Waals surface area (Å²) in [5.74, 6) is 0. The normalized spacial score (nSPS) is 10.9. The molecule has 0 aliphatic carbocycles. The highest BCUT2D eigenvalue weighted by Gasteiger charge is 2.12. The van der Waals surface area contributed by atoms with Gasteiger partial charge in [0, 0.05) is 29.2 Å². The summed E-state index contributed by atoms with van der Waals surface area (Å²) in [7, 11) is 2.07. The molecule has 0 radical (unpaired) electrons. The van der Waals surface area contributed by atoms with Gasteiger partial charge in [0.15, 0.2) is 0 Å². The van der Waals surface area contributed by atoms with Crippen LogP contribution in [0.3, 0.4) is 0 Å². The van der Waals surface area contributed by atoms with Gasteiger partial charge in [-0.15, -0.1) is 0 Å². The fourth-order valence-corrected chi connectivity index (χ4v) is 2.71. The molecule has 0 N–H and O–H groups in total. The fourth-order valence-electron chi connectivity index (χ4n) is 2.71. The molecule has 0 aliphatic rings. The van der Waals surface area contributed by atoms with Gasteiger partial charge in [0.2, 0.25) is 0 Å². The Morgan fingerprint density at radius 3 is 2.50 bits per heavy atom. The van der Waals surface area contributed by atoms with Crippen LogP contribution in [-0.2, 0) is 7.05 Å².